The van der Waals surface area contributed by atoms with E-state index in [9.17, 15) is 9.59 Å². The quantitative estimate of drug-likeness (QED) is 0.672. The van der Waals surface area contributed by atoms with Crippen LogP contribution in [0.3, 0.4) is 0 Å². The van der Waals surface area contributed by atoms with Gasteiger partial charge in [0.15, 0.2) is 0 Å². The van der Waals surface area contributed by atoms with Crippen LogP contribution in [0.15, 0.2) is 72.9 Å². The van der Waals surface area contributed by atoms with Gasteiger partial charge in [-0.3, -0.25) is 4.79 Å². The number of carbonyl (C=O) groups excluding carboxylic acids is 1. The van der Waals surface area contributed by atoms with Crippen LogP contribution in [0.5, 0.6) is 0 Å². The molecule has 1 aromatic heterocycles. The first-order valence-corrected chi connectivity index (χ1v) is 8.31. The molecular formula is C22H19NO3. The van der Waals surface area contributed by atoms with Crippen molar-refractivity contribution in [1.29, 1.82) is 0 Å². The average Bonchev–Trinajstić information content (AvgIpc) is 3.10. The summed E-state index contributed by atoms with van der Waals surface area (Å²) in [6.07, 6.45) is 5.62. The molecule has 0 fully saturated rings. The van der Waals surface area contributed by atoms with Crippen molar-refractivity contribution in [1.82, 2.24) is 4.57 Å². The minimum Gasteiger partial charge on any atom is -0.478 e. The Balaban J connectivity index is 1.75. The number of hydrogen-bond donors (Lipinski definition) is 1. The van der Waals surface area contributed by atoms with Crippen molar-refractivity contribution in [2.45, 2.75) is 13.5 Å². The van der Waals surface area contributed by atoms with Crippen LogP contribution in [0.4, 0.5) is 0 Å². The molecular weight excluding hydrogens is 326 g/mol. The molecule has 0 aliphatic rings. The molecule has 0 radical (unpaired) electrons. The summed E-state index contributed by atoms with van der Waals surface area (Å²) in [5, 5.41) is 9.04. The largest absolute Gasteiger partial charge is 0.478 e. The van der Waals surface area contributed by atoms with Gasteiger partial charge in [-0.1, -0.05) is 54.1 Å². The molecule has 0 aliphatic heterocycles. The number of carboxylic acids is 1. The monoisotopic (exact) mass is 345 g/mol. The highest BCUT2D eigenvalue weighted by atomic mass is 16.4. The van der Waals surface area contributed by atoms with E-state index in [1.165, 1.54) is 0 Å². The molecule has 26 heavy (non-hydrogen) atoms. The Kier molecular flexibility index (Phi) is 5.13. The maximum Gasteiger partial charge on any atom is 0.335 e. The summed E-state index contributed by atoms with van der Waals surface area (Å²) in [6.45, 7) is 2.51. The number of benzene rings is 2. The van der Waals surface area contributed by atoms with Crippen molar-refractivity contribution in [2.24, 2.45) is 0 Å². The summed E-state index contributed by atoms with van der Waals surface area (Å²) < 4.78 is 1.87. The van der Waals surface area contributed by atoms with E-state index >= 15 is 0 Å². The summed E-state index contributed by atoms with van der Waals surface area (Å²) >= 11 is 0. The first-order chi connectivity index (χ1) is 12.5. The predicted octanol–water partition coefficient (Wildman–Crippen LogP) is 4.44. The van der Waals surface area contributed by atoms with Crippen LogP contribution in [0.2, 0.25) is 0 Å². The van der Waals surface area contributed by atoms with Crippen molar-refractivity contribution in [3.05, 3.63) is 101 Å². The molecule has 4 nitrogen and oxygen atoms in total. The highest BCUT2D eigenvalue weighted by Gasteiger charge is 2.12. The lowest BCUT2D eigenvalue weighted by Crippen LogP contribution is -2.09. The third-order valence-corrected chi connectivity index (χ3v) is 4.12. The predicted molar refractivity (Wildman–Crippen MR) is 101 cm³/mol. The van der Waals surface area contributed by atoms with Gasteiger partial charge in [0, 0.05) is 18.3 Å². The molecule has 0 bridgehead atoms. The van der Waals surface area contributed by atoms with Gasteiger partial charge in [-0.25, -0.2) is 4.79 Å². The maximum absolute atomic E-state index is 12.7. The molecule has 3 aromatic rings. The van der Waals surface area contributed by atoms with Crippen LogP contribution in [0.1, 0.15) is 37.5 Å². The van der Waals surface area contributed by atoms with Gasteiger partial charge in [0.2, 0.25) is 5.78 Å². The van der Waals surface area contributed by atoms with E-state index in [0.29, 0.717) is 17.8 Å². The van der Waals surface area contributed by atoms with Crippen LogP contribution in [0.25, 0.3) is 6.08 Å². The Morgan fingerprint density at radius 3 is 2.50 bits per heavy atom. The van der Waals surface area contributed by atoms with Gasteiger partial charge in [0.25, 0.3) is 0 Å². The number of ketones is 1. The number of aromatic nitrogens is 1. The van der Waals surface area contributed by atoms with Gasteiger partial charge in [0.05, 0.1) is 11.3 Å². The van der Waals surface area contributed by atoms with Gasteiger partial charge in [0.1, 0.15) is 0 Å². The summed E-state index contributed by atoms with van der Waals surface area (Å²) in [5.41, 5.74) is 3.46. The molecule has 3 rings (SSSR count). The highest BCUT2D eigenvalue weighted by molar-refractivity contribution is 6.08. The zero-order valence-electron chi connectivity index (χ0n) is 14.4. The normalized spacial score (nSPS) is 11.0. The van der Waals surface area contributed by atoms with Crippen LogP contribution in [-0.4, -0.2) is 21.4 Å². The second-order valence-electron chi connectivity index (χ2n) is 6.07. The molecule has 2 aromatic carbocycles. The number of carbonyl (C=O) groups is 2. The second-order valence-corrected chi connectivity index (χ2v) is 6.07. The molecule has 0 amide bonds. The highest BCUT2D eigenvalue weighted by Crippen LogP contribution is 2.13. The number of aromatic carboxylic acids is 1. The summed E-state index contributed by atoms with van der Waals surface area (Å²) in [5.74, 6) is -0.965. The van der Waals surface area contributed by atoms with E-state index in [-0.39, 0.29) is 11.3 Å². The second kappa shape index (κ2) is 7.66. The van der Waals surface area contributed by atoms with E-state index in [2.05, 4.69) is 0 Å². The fourth-order valence-electron chi connectivity index (χ4n) is 2.71. The molecule has 0 aliphatic carbocycles. The molecule has 4 heteroatoms. The Bertz CT molecular complexity index is 965. The van der Waals surface area contributed by atoms with E-state index in [1.807, 2.05) is 66.2 Å². The number of nitrogens with zero attached hydrogens (tertiary/aromatic N) is 1. The topological polar surface area (TPSA) is 59.3 Å². The summed E-state index contributed by atoms with van der Waals surface area (Å²) in [6, 6.07) is 17.9. The number of aryl methyl sites for hydroxylation is 1. The first-order valence-electron chi connectivity index (χ1n) is 8.31. The maximum atomic E-state index is 12.7. The smallest absolute Gasteiger partial charge is 0.335 e. The van der Waals surface area contributed by atoms with Crippen molar-refractivity contribution in [3.8, 4) is 0 Å². The van der Waals surface area contributed by atoms with Gasteiger partial charge < -0.3 is 9.67 Å². The van der Waals surface area contributed by atoms with Gasteiger partial charge >= 0.3 is 5.97 Å². The third kappa shape index (κ3) is 3.98. The van der Waals surface area contributed by atoms with E-state index in [1.54, 1.807) is 24.3 Å². The molecule has 0 saturated heterocycles. The lowest BCUT2D eigenvalue weighted by molar-refractivity contribution is 0.0696. The zero-order valence-corrected chi connectivity index (χ0v) is 14.4. The van der Waals surface area contributed by atoms with Crippen LogP contribution >= 0.6 is 0 Å². The molecule has 1 heterocycles. The summed E-state index contributed by atoms with van der Waals surface area (Å²) in [4.78, 5) is 23.7. The Morgan fingerprint density at radius 2 is 1.77 bits per heavy atom. The van der Waals surface area contributed by atoms with Crippen LogP contribution < -0.4 is 0 Å². The Labute approximate surface area is 152 Å². The van der Waals surface area contributed by atoms with Crippen molar-refractivity contribution in [3.63, 3.8) is 0 Å². The third-order valence-electron chi connectivity index (χ3n) is 4.12. The summed E-state index contributed by atoms with van der Waals surface area (Å²) in [7, 11) is 0. The van der Waals surface area contributed by atoms with E-state index in [0.717, 1.165) is 11.1 Å². The first kappa shape index (κ1) is 17.4. The number of carboxylic acid groups (broad SMARTS) is 1. The minimum atomic E-state index is -0.948. The van der Waals surface area contributed by atoms with Gasteiger partial charge in [-0.15, -0.1) is 0 Å². The molecule has 1 N–H and O–H groups in total. The molecule has 130 valence electrons. The Morgan fingerprint density at radius 1 is 1.00 bits per heavy atom. The lowest BCUT2D eigenvalue weighted by Gasteiger charge is -2.06. The Hall–Kier alpha value is -3.40. The lowest BCUT2D eigenvalue weighted by atomic mass is 10.1. The van der Waals surface area contributed by atoms with Crippen molar-refractivity contribution in [2.75, 3.05) is 0 Å². The van der Waals surface area contributed by atoms with E-state index in [4.69, 9.17) is 5.11 Å². The average molecular weight is 345 g/mol. The molecule has 0 saturated carbocycles. The molecule has 0 spiro atoms. The van der Waals surface area contributed by atoms with Gasteiger partial charge in [-0.05, 0) is 36.8 Å². The molecule has 0 unspecified atom stereocenters. The number of allylic oxidation sites excluding steroid dienone is 1. The van der Waals surface area contributed by atoms with E-state index < -0.39 is 5.97 Å². The minimum absolute atomic E-state index is 0.0173. The van der Waals surface area contributed by atoms with Crippen LogP contribution in [-0.2, 0) is 6.54 Å². The molecule has 0 atom stereocenters. The standard InChI is InChI=1S/C22H19NO3/c1-16-9-11-18(12-10-16)21(24)20-8-4-14-23(20)13-3-6-17-5-2-7-19(15-17)22(25)26/h2-12,14-15H,13H2,1H3,(H,25,26). The fourth-order valence-corrected chi connectivity index (χ4v) is 2.71. The number of hydrogen-bond acceptors (Lipinski definition) is 2. The SMILES string of the molecule is Cc1ccc(C(=O)c2cccn2CC=Cc2cccc(C(=O)O)c2)cc1. The number of rotatable bonds is 6. The zero-order chi connectivity index (χ0) is 18.5. The fraction of sp³-hybridized carbons (Fsp3) is 0.0909. The van der Waals surface area contributed by atoms with Crippen molar-refractivity contribution >= 4 is 17.8 Å². The van der Waals surface area contributed by atoms with Crippen LogP contribution in [0, 0.1) is 6.92 Å². The van der Waals surface area contributed by atoms with Crippen molar-refractivity contribution < 1.29 is 14.7 Å². The van der Waals surface area contributed by atoms with Gasteiger partial charge in [-0.2, -0.15) is 0 Å².